The minimum atomic E-state index is 0.564. The van der Waals surface area contributed by atoms with E-state index in [1.54, 1.807) is 0 Å². The highest BCUT2D eigenvalue weighted by molar-refractivity contribution is 5.35. The van der Waals surface area contributed by atoms with Crippen LogP contribution in [0, 0.1) is 6.92 Å². The molecule has 0 saturated heterocycles. The van der Waals surface area contributed by atoms with Crippen molar-refractivity contribution >= 4 is 0 Å². The van der Waals surface area contributed by atoms with Gasteiger partial charge in [-0.2, -0.15) is 5.10 Å². The molecule has 3 nitrogen and oxygen atoms in total. The second kappa shape index (κ2) is 3.64. The summed E-state index contributed by atoms with van der Waals surface area (Å²) in [6.45, 7) is 2.59. The van der Waals surface area contributed by atoms with Crippen molar-refractivity contribution in [3.8, 4) is 5.69 Å². The van der Waals surface area contributed by atoms with Crippen LogP contribution < -0.4 is 5.73 Å². The molecule has 1 aromatic carbocycles. The Morgan fingerprint density at radius 3 is 2.93 bits per heavy atom. The first-order chi connectivity index (χ1) is 6.79. The Balaban J connectivity index is 2.41. The monoisotopic (exact) mass is 187 g/mol. The van der Waals surface area contributed by atoms with E-state index in [4.69, 9.17) is 5.73 Å². The summed E-state index contributed by atoms with van der Waals surface area (Å²) < 4.78 is 1.86. The lowest BCUT2D eigenvalue weighted by Gasteiger charge is -2.02. The van der Waals surface area contributed by atoms with Crippen LogP contribution in [0.4, 0.5) is 0 Å². The molecule has 0 spiro atoms. The Hall–Kier alpha value is -1.61. The number of benzene rings is 1. The van der Waals surface area contributed by atoms with Crippen LogP contribution in [0.5, 0.6) is 0 Å². The van der Waals surface area contributed by atoms with E-state index in [1.807, 2.05) is 48.3 Å². The van der Waals surface area contributed by atoms with Crippen LogP contribution in [0.25, 0.3) is 5.69 Å². The van der Waals surface area contributed by atoms with E-state index in [9.17, 15) is 0 Å². The Kier molecular flexibility index (Phi) is 2.33. The topological polar surface area (TPSA) is 43.8 Å². The maximum absolute atomic E-state index is 5.57. The fraction of sp³-hybridized carbons (Fsp3) is 0.182. The van der Waals surface area contributed by atoms with Gasteiger partial charge in [-0.15, -0.1) is 0 Å². The Morgan fingerprint density at radius 2 is 2.29 bits per heavy atom. The highest BCUT2D eigenvalue weighted by Gasteiger charge is 1.98. The molecule has 0 amide bonds. The third-order valence-corrected chi connectivity index (χ3v) is 2.12. The molecule has 1 heterocycles. The zero-order valence-corrected chi connectivity index (χ0v) is 8.14. The van der Waals surface area contributed by atoms with Gasteiger partial charge in [0.2, 0.25) is 0 Å². The average Bonchev–Trinajstić information content (AvgIpc) is 2.65. The van der Waals surface area contributed by atoms with Gasteiger partial charge >= 0.3 is 0 Å². The summed E-state index contributed by atoms with van der Waals surface area (Å²) in [5.41, 5.74) is 8.91. The summed E-state index contributed by atoms with van der Waals surface area (Å²) in [6.07, 6.45) is 3.84. The molecule has 2 aromatic rings. The van der Waals surface area contributed by atoms with Crippen LogP contribution >= 0.6 is 0 Å². The lowest BCUT2D eigenvalue weighted by atomic mass is 10.2. The Morgan fingerprint density at radius 1 is 1.43 bits per heavy atom. The molecule has 2 N–H and O–H groups in total. The number of rotatable bonds is 2. The van der Waals surface area contributed by atoms with Crippen molar-refractivity contribution in [3.05, 3.63) is 47.8 Å². The van der Waals surface area contributed by atoms with Crippen molar-refractivity contribution in [2.45, 2.75) is 13.5 Å². The van der Waals surface area contributed by atoms with E-state index in [-0.39, 0.29) is 0 Å². The van der Waals surface area contributed by atoms with Crippen molar-refractivity contribution in [3.63, 3.8) is 0 Å². The van der Waals surface area contributed by atoms with Crippen molar-refractivity contribution in [1.82, 2.24) is 9.78 Å². The van der Waals surface area contributed by atoms with Gasteiger partial charge in [0.1, 0.15) is 0 Å². The molecule has 0 aliphatic carbocycles. The van der Waals surface area contributed by atoms with E-state index < -0.39 is 0 Å². The van der Waals surface area contributed by atoms with Crippen LogP contribution in [0.15, 0.2) is 36.7 Å². The van der Waals surface area contributed by atoms with Gasteiger partial charge in [0, 0.05) is 12.7 Å². The van der Waals surface area contributed by atoms with E-state index in [0.29, 0.717) is 6.54 Å². The minimum absolute atomic E-state index is 0.564. The maximum atomic E-state index is 5.57. The number of nitrogens with zero attached hydrogens (tertiary/aromatic N) is 2. The zero-order chi connectivity index (χ0) is 9.97. The Labute approximate surface area is 83.2 Å². The van der Waals surface area contributed by atoms with Gasteiger partial charge in [0.15, 0.2) is 0 Å². The zero-order valence-electron chi connectivity index (χ0n) is 8.14. The normalized spacial score (nSPS) is 10.4. The summed E-state index contributed by atoms with van der Waals surface area (Å²) in [5.74, 6) is 0. The third kappa shape index (κ3) is 1.67. The summed E-state index contributed by atoms with van der Waals surface area (Å²) in [4.78, 5) is 0. The van der Waals surface area contributed by atoms with Gasteiger partial charge in [0.05, 0.1) is 11.9 Å². The smallest absolute Gasteiger partial charge is 0.0648 e. The molecule has 0 unspecified atom stereocenters. The largest absolute Gasteiger partial charge is 0.326 e. The number of hydrogen-bond donors (Lipinski definition) is 1. The van der Waals surface area contributed by atoms with Crippen LogP contribution in [0.2, 0.25) is 0 Å². The SMILES string of the molecule is Cc1cnn(-c2cccc(CN)c2)c1. The van der Waals surface area contributed by atoms with Gasteiger partial charge in [-0.3, -0.25) is 0 Å². The van der Waals surface area contributed by atoms with Crippen LogP contribution in [0.1, 0.15) is 11.1 Å². The predicted molar refractivity (Wildman–Crippen MR) is 56.2 cm³/mol. The lowest BCUT2D eigenvalue weighted by molar-refractivity contribution is 0.876. The van der Waals surface area contributed by atoms with Gasteiger partial charge in [0.25, 0.3) is 0 Å². The molecule has 14 heavy (non-hydrogen) atoms. The van der Waals surface area contributed by atoms with Crippen molar-refractivity contribution in [2.24, 2.45) is 5.73 Å². The van der Waals surface area contributed by atoms with E-state index in [0.717, 1.165) is 16.8 Å². The number of aromatic nitrogens is 2. The third-order valence-electron chi connectivity index (χ3n) is 2.12. The number of hydrogen-bond acceptors (Lipinski definition) is 2. The lowest BCUT2D eigenvalue weighted by Crippen LogP contribution is -1.99. The van der Waals surface area contributed by atoms with E-state index in [2.05, 4.69) is 5.10 Å². The maximum Gasteiger partial charge on any atom is 0.0648 e. The second-order valence-corrected chi connectivity index (χ2v) is 3.34. The first-order valence-corrected chi connectivity index (χ1v) is 4.60. The van der Waals surface area contributed by atoms with Gasteiger partial charge in [-0.1, -0.05) is 12.1 Å². The van der Waals surface area contributed by atoms with Gasteiger partial charge in [-0.25, -0.2) is 4.68 Å². The molecule has 1 aromatic heterocycles. The summed E-state index contributed by atoms with van der Waals surface area (Å²) in [5, 5.41) is 4.24. The fourth-order valence-corrected chi connectivity index (χ4v) is 1.38. The molecule has 0 bridgehead atoms. The van der Waals surface area contributed by atoms with Crippen molar-refractivity contribution < 1.29 is 0 Å². The van der Waals surface area contributed by atoms with Crippen molar-refractivity contribution in [1.29, 1.82) is 0 Å². The summed E-state index contributed by atoms with van der Waals surface area (Å²) in [6, 6.07) is 8.08. The standard InChI is InChI=1S/C11H13N3/c1-9-7-13-14(8-9)11-4-2-3-10(5-11)6-12/h2-5,7-8H,6,12H2,1H3. The fourth-order valence-electron chi connectivity index (χ4n) is 1.38. The summed E-state index contributed by atoms with van der Waals surface area (Å²) >= 11 is 0. The molecule has 72 valence electrons. The average molecular weight is 187 g/mol. The predicted octanol–water partition coefficient (Wildman–Crippen LogP) is 1.64. The molecular weight excluding hydrogens is 174 g/mol. The summed E-state index contributed by atoms with van der Waals surface area (Å²) in [7, 11) is 0. The quantitative estimate of drug-likeness (QED) is 0.776. The van der Waals surface area contributed by atoms with Gasteiger partial charge in [-0.05, 0) is 30.2 Å². The molecule has 0 aliphatic rings. The van der Waals surface area contributed by atoms with Gasteiger partial charge < -0.3 is 5.73 Å². The van der Waals surface area contributed by atoms with Crippen LogP contribution in [0.3, 0.4) is 0 Å². The van der Waals surface area contributed by atoms with E-state index in [1.165, 1.54) is 0 Å². The minimum Gasteiger partial charge on any atom is -0.326 e. The Bertz CT molecular complexity index is 432. The van der Waals surface area contributed by atoms with Crippen LogP contribution in [-0.4, -0.2) is 9.78 Å². The first kappa shape index (κ1) is 8.97. The number of nitrogens with two attached hydrogens (primary N) is 1. The van der Waals surface area contributed by atoms with Crippen LogP contribution in [-0.2, 0) is 6.54 Å². The molecule has 2 rings (SSSR count). The molecule has 3 heteroatoms. The molecule has 0 fully saturated rings. The first-order valence-electron chi connectivity index (χ1n) is 4.60. The second-order valence-electron chi connectivity index (χ2n) is 3.34. The van der Waals surface area contributed by atoms with Crippen molar-refractivity contribution in [2.75, 3.05) is 0 Å². The van der Waals surface area contributed by atoms with E-state index >= 15 is 0 Å². The highest BCUT2D eigenvalue weighted by atomic mass is 15.3. The molecule has 0 radical (unpaired) electrons. The highest BCUT2D eigenvalue weighted by Crippen LogP contribution is 2.10. The molecular formula is C11H13N3. The number of aryl methyl sites for hydroxylation is 1. The molecule has 0 saturated carbocycles. The molecule has 0 atom stereocenters. The molecule has 0 aliphatic heterocycles.